The van der Waals surface area contributed by atoms with Crippen molar-refractivity contribution in [3.8, 4) is 5.75 Å². The van der Waals surface area contributed by atoms with Crippen molar-refractivity contribution in [2.75, 3.05) is 0 Å². The minimum absolute atomic E-state index is 0.102. The summed E-state index contributed by atoms with van der Waals surface area (Å²) in [6, 6.07) is 4.92. The molecule has 1 aromatic rings. The van der Waals surface area contributed by atoms with Gasteiger partial charge in [0.2, 0.25) is 0 Å². The highest BCUT2D eigenvalue weighted by molar-refractivity contribution is 7.46. The summed E-state index contributed by atoms with van der Waals surface area (Å²) in [6.45, 7) is 0. The molecule has 0 saturated carbocycles. The third-order valence-corrected chi connectivity index (χ3v) is 3.44. The summed E-state index contributed by atoms with van der Waals surface area (Å²) in [5.74, 6) is -6.03. The summed E-state index contributed by atoms with van der Waals surface area (Å²) < 4.78 is 19.2. The molecule has 0 amide bonds. The largest absolute Gasteiger partial charge is 0.526 e. The Morgan fingerprint density at radius 3 is 1.96 bits per heavy atom. The molecule has 12 nitrogen and oxygen atoms in total. The first-order chi connectivity index (χ1) is 12.3. The van der Waals surface area contributed by atoms with E-state index in [0.29, 0.717) is 0 Å². The van der Waals surface area contributed by atoms with Crippen LogP contribution in [0.5, 0.6) is 5.75 Å². The Morgan fingerprint density at radius 2 is 1.52 bits per heavy atom. The predicted octanol–water partition coefficient (Wildman–Crippen LogP) is -0.549. The molecule has 1 unspecified atom stereocenters. The molecule has 0 aliphatic carbocycles. The third-order valence-electron chi connectivity index (χ3n) is 3.00. The molecule has 148 valence electrons. The van der Waals surface area contributed by atoms with Crippen LogP contribution in [-0.4, -0.2) is 54.6 Å². The Kier molecular flexibility index (Phi) is 7.20. The molecule has 13 heteroatoms. The zero-order valence-electron chi connectivity index (χ0n) is 13.5. The number of carboxylic acids is 2. The minimum atomic E-state index is -4.96. The van der Waals surface area contributed by atoms with Crippen molar-refractivity contribution in [3.05, 3.63) is 29.8 Å². The normalized spacial score (nSPS) is 13.3. The molecular weight excluding hydrogens is 391 g/mol. The number of hydrogen-bond acceptors (Lipinski definition) is 8. The lowest BCUT2D eigenvalue weighted by molar-refractivity contribution is -0.169. The van der Waals surface area contributed by atoms with Crippen molar-refractivity contribution >= 4 is 31.7 Å². The van der Waals surface area contributed by atoms with Crippen LogP contribution in [-0.2, 0) is 34.7 Å². The maximum Gasteiger partial charge on any atom is 0.526 e. The summed E-state index contributed by atoms with van der Waals surface area (Å²) in [6.07, 6.45) is -2.81. The van der Waals surface area contributed by atoms with Crippen LogP contribution in [0.3, 0.4) is 0 Å². The van der Waals surface area contributed by atoms with Crippen molar-refractivity contribution in [3.63, 3.8) is 0 Å². The van der Waals surface area contributed by atoms with Gasteiger partial charge in [-0.1, -0.05) is 12.1 Å². The SMILES string of the molecule is O=C(O)CC(O)(CC(=O)Oc1ccc(CC(=O)OP(=O)(O)O)cc1)C(=O)O. The van der Waals surface area contributed by atoms with E-state index in [1.807, 2.05) is 0 Å². The highest BCUT2D eigenvalue weighted by atomic mass is 31.2. The highest BCUT2D eigenvalue weighted by Crippen LogP contribution is 2.36. The van der Waals surface area contributed by atoms with Crippen LogP contribution in [0.2, 0.25) is 0 Å². The first-order valence-corrected chi connectivity index (χ1v) is 8.59. The van der Waals surface area contributed by atoms with E-state index in [-0.39, 0.29) is 11.3 Å². The Balaban J connectivity index is 2.70. The molecule has 0 radical (unpaired) electrons. The fourth-order valence-corrected chi connectivity index (χ4v) is 2.21. The van der Waals surface area contributed by atoms with Crippen LogP contribution in [0.4, 0.5) is 0 Å². The molecule has 1 aromatic carbocycles. The number of benzene rings is 1. The number of esters is 1. The molecular formula is C14H15O12P. The number of aliphatic hydroxyl groups is 1. The van der Waals surface area contributed by atoms with Gasteiger partial charge in [-0.3, -0.25) is 24.2 Å². The number of carbonyl (C=O) groups is 4. The molecule has 0 aliphatic rings. The number of aliphatic carboxylic acids is 2. The van der Waals surface area contributed by atoms with Gasteiger partial charge < -0.3 is 24.6 Å². The first-order valence-electron chi connectivity index (χ1n) is 7.06. The number of rotatable bonds is 9. The molecule has 0 aromatic heterocycles. The second kappa shape index (κ2) is 8.73. The van der Waals surface area contributed by atoms with E-state index in [0.717, 1.165) is 0 Å². The van der Waals surface area contributed by atoms with Gasteiger partial charge in [-0.15, -0.1) is 0 Å². The van der Waals surface area contributed by atoms with Gasteiger partial charge in [-0.25, -0.2) is 9.36 Å². The van der Waals surface area contributed by atoms with Gasteiger partial charge >= 0.3 is 31.7 Å². The van der Waals surface area contributed by atoms with Crippen LogP contribution in [0.15, 0.2) is 24.3 Å². The lowest BCUT2D eigenvalue weighted by Crippen LogP contribution is -2.43. The molecule has 1 rings (SSSR count). The van der Waals surface area contributed by atoms with Gasteiger partial charge in [0, 0.05) is 0 Å². The highest BCUT2D eigenvalue weighted by Gasteiger charge is 2.41. The van der Waals surface area contributed by atoms with E-state index in [1.54, 1.807) is 0 Å². The monoisotopic (exact) mass is 406 g/mol. The van der Waals surface area contributed by atoms with Crippen LogP contribution < -0.4 is 4.74 Å². The summed E-state index contributed by atoms with van der Waals surface area (Å²) in [5.41, 5.74) is -2.57. The van der Waals surface area contributed by atoms with E-state index in [1.165, 1.54) is 24.3 Å². The number of hydrogen-bond donors (Lipinski definition) is 5. The fraction of sp³-hybridized carbons (Fsp3) is 0.286. The standard InChI is InChI=1S/C14H15O12P/c15-10(16)6-14(21,13(19)20)7-12(18)25-9-3-1-8(2-4-9)5-11(17)26-27(22,23)24/h1-4,21H,5-7H2,(H,15,16)(H,19,20)(H2,22,23,24). The maximum atomic E-state index is 11.7. The zero-order valence-corrected chi connectivity index (χ0v) is 14.4. The summed E-state index contributed by atoms with van der Waals surface area (Å²) in [5, 5.41) is 27.2. The second-order valence-electron chi connectivity index (χ2n) is 5.33. The Labute approximate surface area is 151 Å². The average Bonchev–Trinajstić information content (AvgIpc) is 2.46. The summed E-state index contributed by atoms with van der Waals surface area (Å²) in [7, 11) is -4.96. The quantitative estimate of drug-likeness (QED) is 0.199. The molecule has 5 N–H and O–H groups in total. The molecule has 1 atom stereocenters. The van der Waals surface area contributed by atoms with Crippen LogP contribution in [0, 0.1) is 0 Å². The zero-order chi connectivity index (χ0) is 20.8. The van der Waals surface area contributed by atoms with E-state index in [9.17, 15) is 28.8 Å². The van der Waals surface area contributed by atoms with Crippen molar-refractivity contribution in [1.82, 2.24) is 0 Å². The summed E-state index contributed by atoms with van der Waals surface area (Å²) >= 11 is 0. The molecule has 0 saturated heterocycles. The first kappa shape index (κ1) is 22.3. The number of ether oxygens (including phenoxy) is 1. The topological polar surface area (TPSA) is 205 Å². The van der Waals surface area contributed by atoms with Gasteiger partial charge in [0.25, 0.3) is 0 Å². The lowest BCUT2D eigenvalue weighted by atomic mass is 9.96. The van der Waals surface area contributed by atoms with Crippen molar-refractivity contribution in [2.45, 2.75) is 24.9 Å². The van der Waals surface area contributed by atoms with Gasteiger partial charge in [-0.2, -0.15) is 0 Å². The fourth-order valence-electron chi connectivity index (χ4n) is 1.88. The number of carboxylic acid groups (broad SMARTS) is 2. The van der Waals surface area contributed by atoms with Crippen LogP contribution >= 0.6 is 7.82 Å². The molecule has 0 spiro atoms. The van der Waals surface area contributed by atoms with Crippen molar-refractivity contribution in [1.29, 1.82) is 0 Å². The Morgan fingerprint density at radius 1 is 0.963 bits per heavy atom. The van der Waals surface area contributed by atoms with Crippen LogP contribution in [0.1, 0.15) is 18.4 Å². The van der Waals surface area contributed by atoms with E-state index < -0.39 is 56.6 Å². The maximum absolute atomic E-state index is 11.7. The molecule has 27 heavy (non-hydrogen) atoms. The lowest BCUT2D eigenvalue weighted by Gasteiger charge is -2.20. The average molecular weight is 406 g/mol. The third kappa shape index (κ3) is 7.96. The number of phosphoric acid groups is 1. The summed E-state index contributed by atoms with van der Waals surface area (Å²) in [4.78, 5) is 61.6. The van der Waals surface area contributed by atoms with Crippen LogP contribution in [0.25, 0.3) is 0 Å². The number of carbonyl (C=O) groups excluding carboxylic acids is 2. The molecule has 0 bridgehead atoms. The molecule has 0 aliphatic heterocycles. The van der Waals surface area contributed by atoms with Gasteiger partial charge in [-0.05, 0) is 17.7 Å². The Bertz CT molecular complexity index is 780. The van der Waals surface area contributed by atoms with Crippen molar-refractivity contribution in [2.24, 2.45) is 0 Å². The molecule has 0 fully saturated rings. The van der Waals surface area contributed by atoms with Gasteiger partial charge in [0.15, 0.2) is 5.60 Å². The van der Waals surface area contributed by atoms with Crippen molar-refractivity contribution < 1.29 is 58.1 Å². The van der Waals surface area contributed by atoms with E-state index in [2.05, 4.69) is 4.52 Å². The second-order valence-corrected chi connectivity index (χ2v) is 6.50. The predicted molar refractivity (Wildman–Crippen MR) is 83.4 cm³/mol. The smallest absolute Gasteiger partial charge is 0.481 e. The minimum Gasteiger partial charge on any atom is -0.481 e. The Hall–Kier alpha value is -2.79. The van der Waals surface area contributed by atoms with Gasteiger partial charge in [0.05, 0.1) is 19.3 Å². The van der Waals surface area contributed by atoms with E-state index in [4.69, 9.17) is 24.7 Å². The van der Waals surface area contributed by atoms with Gasteiger partial charge in [0.1, 0.15) is 5.75 Å². The number of phosphoric ester groups is 1. The molecule has 0 heterocycles. The van der Waals surface area contributed by atoms with E-state index >= 15 is 0 Å².